The Bertz CT molecular complexity index is 1110. The van der Waals surface area contributed by atoms with Crippen LogP contribution in [0.2, 0.25) is 0 Å². The Hall–Kier alpha value is -2.94. The van der Waals surface area contributed by atoms with Crippen LogP contribution < -0.4 is 0 Å². The summed E-state index contributed by atoms with van der Waals surface area (Å²) in [4.78, 5) is 0. The number of fused-ring (bicyclic) bond motifs is 2. The van der Waals surface area contributed by atoms with Crippen molar-refractivity contribution in [2.24, 2.45) is 17.8 Å². The topological polar surface area (TPSA) is 60.7 Å². The van der Waals surface area contributed by atoms with Crippen LogP contribution in [0.1, 0.15) is 71.9 Å². The average Bonchev–Trinajstić information content (AvgIpc) is 3.36. The number of rotatable bonds is 4. The number of hydrogen-bond donors (Lipinski definition) is 3. The zero-order chi connectivity index (χ0) is 22.6. The molecule has 4 unspecified atom stereocenters. The molecule has 33 heavy (non-hydrogen) atoms. The monoisotopic (exact) mass is 444 g/mol. The van der Waals surface area contributed by atoms with Gasteiger partial charge in [0.25, 0.3) is 0 Å². The summed E-state index contributed by atoms with van der Waals surface area (Å²) in [5.41, 5.74) is 6.63. The van der Waals surface area contributed by atoms with Crippen LogP contribution >= 0.6 is 0 Å². The van der Waals surface area contributed by atoms with Crippen LogP contribution in [0.3, 0.4) is 0 Å². The molecule has 2 bridgehead atoms. The summed E-state index contributed by atoms with van der Waals surface area (Å²) in [7, 11) is 0. The lowest BCUT2D eigenvalue weighted by molar-refractivity contribution is 0.279. The smallest absolute Gasteiger partial charge is 0.118 e. The van der Waals surface area contributed by atoms with Crippen molar-refractivity contribution >= 4 is 0 Å². The molecule has 174 valence electrons. The first-order chi connectivity index (χ1) is 15.3. The van der Waals surface area contributed by atoms with E-state index in [4.69, 9.17) is 0 Å². The summed E-state index contributed by atoms with van der Waals surface area (Å²) in [5, 5.41) is 30.1. The minimum Gasteiger partial charge on any atom is -0.508 e. The average molecular weight is 445 g/mol. The third kappa shape index (κ3) is 4.10. The Morgan fingerprint density at radius 2 is 1.15 bits per heavy atom. The van der Waals surface area contributed by atoms with E-state index in [1.165, 1.54) is 36.0 Å². The van der Waals surface area contributed by atoms with Crippen LogP contribution in [-0.4, -0.2) is 15.3 Å². The van der Waals surface area contributed by atoms with E-state index in [1.54, 1.807) is 0 Å². The number of aryl methyl sites for hydroxylation is 3. The molecule has 0 aromatic heterocycles. The molecule has 0 spiro atoms. The summed E-state index contributed by atoms with van der Waals surface area (Å²) in [6.45, 7) is 5.90. The summed E-state index contributed by atoms with van der Waals surface area (Å²) in [6, 6.07) is 18.2. The van der Waals surface area contributed by atoms with E-state index in [1.807, 2.05) is 39.0 Å². The molecule has 5 rings (SSSR count). The molecule has 0 amide bonds. The summed E-state index contributed by atoms with van der Waals surface area (Å²) in [6.07, 6.45) is 3.61. The van der Waals surface area contributed by atoms with Gasteiger partial charge in [-0.3, -0.25) is 0 Å². The molecule has 3 heteroatoms. The van der Waals surface area contributed by atoms with Crippen LogP contribution in [0.5, 0.6) is 17.2 Å². The van der Waals surface area contributed by atoms with Gasteiger partial charge in [-0.25, -0.2) is 0 Å². The van der Waals surface area contributed by atoms with Crippen LogP contribution in [0.4, 0.5) is 0 Å². The maximum absolute atomic E-state index is 10.1. The Kier molecular flexibility index (Phi) is 6.18. The van der Waals surface area contributed by atoms with Crippen LogP contribution in [0.15, 0.2) is 54.6 Å². The van der Waals surface area contributed by atoms with Crippen molar-refractivity contribution in [2.75, 3.05) is 0 Å². The van der Waals surface area contributed by atoms with Gasteiger partial charge in [-0.1, -0.05) is 43.8 Å². The predicted octanol–water partition coefficient (Wildman–Crippen LogP) is 7.33. The maximum Gasteiger partial charge on any atom is 0.118 e. The summed E-state index contributed by atoms with van der Waals surface area (Å²) >= 11 is 0. The van der Waals surface area contributed by atoms with Crippen LogP contribution in [0.25, 0.3) is 0 Å². The first-order valence-corrected chi connectivity index (χ1v) is 11.7. The van der Waals surface area contributed by atoms with Gasteiger partial charge in [-0.15, -0.1) is 0 Å². The standard InChI is InChI=1S/C29H32O3.CH4/c1-16-10-19(4-7-26(16)30)24-14-23-13-22(24)15-25(23)29(20-5-8-27(31)17(2)11-20)21-6-9-28(32)18(3)12-21;/h4-12,22-25,29-32H,13-15H2,1-3H3;1H4. The molecule has 2 fully saturated rings. The number of phenolic OH excluding ortho intramolecular Hbond substituents is 3. The van der Waals surface area contributed by atoms with Crippen molar-refractivity contribution in [3.63, 3.8) is 0 Å². The highest BCUT2D eigenvalue weighted by molar-refractivity contribution is 5.45. The number of benzene rings is 3. The Morgan fingerprint density at radius 1 is 0.636 bits per heavy atom. The van der Waals surface area contributed by atoms with Crippen LogP contribution in [-0.2, 0) is 0 Å². The number of aromatic hydroxyl groups is 3. The fourth-order valence-corrected chi connectivity index (χ4v) is 6.48. The van der Waals surface area contributed by atoms with Crippen molar-refractivity contribution in [1.29, 1.82) is 0 Å². The summed E-state index contributed by atoms with van der Waals surface area (Å²) < 4.78 is 0. The highest BCUT2D eigenvalue weighted by atomic mass is 16.3. The van der Waals surface area contributed by atoms with Crippen molar-refractivity contribution < 1.29 is 15.3 Å². The fraction of sp³-hybridized carbons (Fsp3) is 0.400. The van der Waals surface area contributed by atoms with Crippen molar-refractivity contribution in [2.45, 2.75) is 59.3 Å². The molecule has 3 aromatic rings. The highest BCUT2D eigenvalue weighted by Crippen LogP contribution is 2.60. The molecule has 3 N–H and O–H groups in total. The fourth-order valence-electron chi connectivity index (χ4n) is 6.48. The van der Waals surface area contributed by atoms with Gasteiger partial charge < -0.3 is 15.3 Å². The first-order valence-electron chi connectivity index (χ1n) is 11.7. The molecule has 0 heterocycles. The Labute approximate surface area is 197 Å². The van der Waals surface area contributed by atoms with Crippen LogP contribution in [0, 0.1) is 38.5 Å². The van der Waals surface area contributed by atoms with Crippen molar-refractivity contribution in [3.05, 3.63) is 88.0 Å². The Morgan fingerprint density at radius 3 is 1.61 bits per heavy atom. The highest BCUT2D eigenvalue weighted by Gasteiger charge is 2.49. The first kappa shape index (κ1) is 23.2. The van der Waals surface area contributed by atoms with Gasteiger partial charge in [-0.05, 0) is 115 Å². The third-order valence-corrected chi connectivity index (χ3v) is 8.15. The predicted molar refractivity (Wildman–Crippen MR) is 134 cm³/mol. The van der Waals surface area contributed by atoms with Gasteiger partial charge in [0.1, 0.15) is 17.2 Å². The zero-order valence-corrected chi connectivity index (χ0v) is 19.0. The second-order valence-electron chi connectivity index (χ2n) is 10.1. The van der Waals surface area contributed by atoms with Gasteiger partial charge in [0.05, 0.1) is 0 Å². The molecule has 4 atom stereocenters. The van der Waals surface area contributed by atoms with E-state index in [2.05, 4.69) is 36.4 Å². The molecule has 2 aliphatic rings. The largest absolute Gasteiger partial charge is 0.508 e. The normalized spacial score (nSPS) is 23.6. The minimum atomic E-state index is 0. The van der Waals surface area contributed by atoms with Crippen molar-refractivity contribution in [1.82, 2.24) is 0 Å². The Balaban J connectivity index is 0.00000259. The van der Waals surface area contributed by atoms with Gasteiger partial charge in [0.2, 0.25) is 0 Å². The molecule has 2 aliphatic carbocycles. The SMILES string of the molecule is C.Cc1cc(C2CC3CC2CC3C(c2ccc(O)c(C)c2)c2ccc(O)c(C)c2)ccc1O. The number of hydrogen-bond acceptors (Lipinski definition) is 3. The lowest BCUT2D eigenvalue weighted by Gasteiger charge is -2.35. The molecule has 2 saturated carbocycles. The van der Waals surface area contributed by atoms with Gasteiger partial charge in [-0.2, -0.15) is 0 Å². The molecule has 3 aromatic carbocycles. The number of phenols is 3. The molecule has 3 nitrogen and oxygen atoms in total. The van der Waals surface area contributed by atoms with Crippen molar-refractivity contribution in [3.8, 4) is 17.2 Å². The van der Waals surface area contributed by atoms with Gasteiger partial charge in [0, 0.05) is 5.92 Å². The van der Waals surface area contributed by atoms with Gasteiger partial charge in [0.15, 0.2) is 0 Å². The van der Waals surface area contributed by atoms with E-state index in [9.17, 15) is 15.3 Å². The van der Waals surface area contributed by atoms with Gasteiger partial charge >= 0.3 is 0 Å². The molecular formula is C30H36O3. The quantitative estimate of drug-likeness (QED) is 0.395. The zero-order valence-electron chi connectivity index (χ0n) is 19.0. The molecule has 0 radical (unpaired) electrons. The molecule has 0 aliphatic heterocycles. The lowest BCUT2D eigenvalue weighted by Crippen LogP contribution is -2.23. The third-order valence-electron chi connectivity index (χ3n) is 8.15. The minimum absolute atomic E-state index is 0. The molecule has 0 saturated heterocycles. The van der Waals surface area contributed by atoms with E-state index in [-0.39, 0.29) is 13.3 Å². The second kappa shape index (κ2) is 8.78. The second-order valence-corrected chi connectivity index (χ2v) is 10.1. The van der Waals surface area contributed by atoms with E-state index in [0.29, 0.717) is 40.9 Å². The van der Waals surface area contributed by atoms with E-state index in [0.717, 1.165) is 16.7 Å². The van der Waals surface area contributed by atoms with E-state index >= 15 is 0 Å². The maximum atomic E-state index is 10.1. The lowest BCUT2D eigenvalue weighted by atomic mass is 9.69. The van der Waals surface area contributed by atoms with E-state index < -0.39 is 0 Å². The summed E-state index contributed by atoms with van der Waals surface area (Å²) in [5.74, 6) is 3.73. The molecular weight excluding hydrogens is 408 g/mol.